The Hall–Kier alpha value is -0.950. The third kappa shape index (κ3) is 4.86. The van der Waals surface area contributed by atoms with Crippen molar-refractivity contribution in [2.45, 2.75) is 32.7 Å². The maximum absolute atomic E-state index is 11.7. The molecule has 20 heavy (non-hydrogen) atoms. The first kappa shape index (κ1) is 17.1. The zero-order valence-electron chi connectivity index (χ0n) is 11.4. The lowest BCUT2D eigenvalue weighted by molar-refractivity contribution is -0.116. The van der Waals surface area contributed by atoms with Crippen molar-refractivity contribution >= 4 is 46.1 Å². The van der Waals surface area contributed by atoms with E-state index in [0.29, 0.717) is 18.0 Å². The van der Waals surface area contributed by atoms with Gasteiger partial charge in [0, 0.05) is 22.7 Å². The first-order valence-electron chi connectivity index (χ1n) is 6.12. The summed E-state index contributed by atoms with van der Waals surface area (Å²) in [5.41, 5.74) is 6.55. The van der Waals surface area contributed by atoms with Gasteiger partial charge in [0.05, 0.1) is 10.6 Å². The van der Waals surface area contributed by atoms with E-state index >= 15 is 0 Å². The summed E-state index contributed by atoms with van der Waals surface area (Å²) in [7, 11) is 0. The number of anilines is 1. The molecule has 0 saturated heterocycles. The monoisotopic (exact) mass is 331 g/mol. The van der Waals surface area contributed by atoms with E-state index in [1.807, 2.05) is 12.3 Å². The third-order valence-corrected chi connectivity index (χ3v) is 4.35. The molecule has 4 nitrogen and oxygen atoms in total. The highest BCUT2D eigenvalue weighted by atomic mass is 35.5. The summed E-state index contributed by atoms with van der Waals surface area (Å²) >= 11 is 3.15. The second-order valence-corrected chi connectivity index (χ2v) is 6.66. The lowest BCUT2D eigenvalue weighted by atomic mass is 10.2. The molecule has 0 radical (unpaired) electrons. The van der Waals surface area contributed by atoms with Crippen molar-refractivity contribution in [3.8, 4) is 10.6 Å². The molecule has 1 amide bonds. The molecule has 3 N–H and O–H groups in total. The summed E-state index contributed by atoms with van der Waals surface area (Å²) in [6, 6.07) is 4.17. The molecule has 1 unspecified atom stereocenters. The average molecular weight is 332 g/mol. The number of carbonyl (C=O) groups excluding carboxylic acids is 1. The van der Waals surface area contributed by atoms with Crippen LogP contribution in [0.15, 0.2) is 17.5 Å². The first-order valence-corrected chi connectivity index (χ1v) is 7.82. The highest BCUT2D eigenvalue weighted by Crippen LogP contribution is 2.30. The van der Waals surface area contributed by atoms with Gasteiger partial charge in [-0.1, -0.05) is 0 Å². The molecule has 1 atom stereocenters. The Morgan fingerprint density at radius 1 is 1.50 bits per heavy atom. The van der Waals surface area contributed by atoms with Crippen molar-refractivity contribution in [2.24, 2.45) is 5.73 Å². The molecule has 0 bridgehead atoms. The highest BCUT2D eigenvalue weighted by Gasteiger charge is 2.09. The Balaban J connectivity index is 0.00000200. The van der Waals surface area contributed by atoms with Gasteiger partial charge in [0.15, 0.2) is 5.13 Å². The topological polar surface area (TPSA) is 68.0 Å². The number of aryl methyl sites for hydroxylation is 1. The molecule has 110 valence electrons. The average Bonchev–Trinajstić information content (AvgIpc) is 2.95. The fourth-order valence-corrected chi connectivity index (χ4v) is 3.19. The summed E-state index contributed by atoms with van der Waals surface area (Å²) in [5, 5.41) is 5.43. The number of halogens is 1. The molecule has 2 aromatic rings. The van der Waals surface area contributed by atoms with Gasteiger partial charge in [0.2, 0.25) is 5.91 Å². The van der Waals surface area contributed by atoms with E-state index in [2.05, 4.69) is 29.4 Å². The first-order chi connectivity index (χ1) is 9.04. The molecule has 0 aromatic carbocycles. The zero-order chi connectivity index (χ0) is 13.8. The van der Waals surface area contributed by atoms with E-state index in [0.717, 1.165) is 10.6 Å². The number of nitrogens with zero attached hydrogens (tertiary/aromatic N) is 1. The maximum Gasteiger partial charge on any atom is 0.226 e. The molecule has 2 rings (SSSR count). The van der Waals surface area contributed by atoms with Crippen LogP contribution in [0.5, 0.6) is 0 Å². The quantitative estimate of drug-likeness (QED) is 0.878. The van der Waals surface area contributed by atoms with Gasteiger partial charge < -0.3 is 11.1 Å². The van der Waals surface area contributed by atoms with E-state index in [-0.39, 0.29) is 24.4 Å². The van der Waals surface area contributed by atoms with Crippen LogP contribution in [0.4, 0.5) is 5.13 Å². The molecule has 7 heteroatoms. The summed E-state index contributed by atoms with van der Waals surface area (Å²) in [6.45, 7) is 3.96. The van der Waals surface area contributed by atoms with Crippen molar-refractivity contribution in [3.63, 3.8) is 0 Å². The number of nitrogens with one attached hydrogen (secondary N) is 1. The number of amides is 1. The number of nitrogens with two attached hydrogens (primary N) is 1. The number of rotatable bonds is 5. The van der Waals surface area contributed by atoms with Crippen LogP contribution in [-0.2, 0) is 4.79 Å². The SMILES string of the molecule is Cc1ccc(-c2csc(NC(=O)CCC(C)N)n2)s1.Cl. The molecule has 0 aliphatic carbocycles. The minimum Gasteiger partial charge on any atom is -0.328 e. The van der Waals surface area contributed by atoms with Crippen LogP contribution in [-0.4, -0.2) is 16.9 Å². The maximum atomic E-state index is 11.7. The Labute approximate surface area is 132 Å². The van der Waals surface area contributed by atoms with Crippen LogP contribution >= 0.6 is 35.1 Å². The fourth-order valence-electron chi connectivity index (χ4n) is 1.56. The van der Waals surface area contributed by atoms with Crippen molar-refractivity contribution in [3.05, 3.63) is 22.4 Å². The van der Waals surface area contributed by atoms with Crippen LogP contribution in [0.2, 0.25) is 0 Å². The molecule has 2 aromatic heterocycles. The molecule has 2 heterocycles. The molecule has 0 aliphatic heterocycles. The minimum atomic E-state index is -0.0273. The molecule has 0 spiro atoms. The van der Waals surface area contributed by atoms with Gasteiger partial charge in [0.25, 0.3) is 0 Å². The molecule has 0 fully saturated rings. The second-order valence-electron chi connectivity index (χ2n) is 4.51. The number of carbonyl (C=O) groups is 1. The molecule has 0 saturated carbocycles. The Morgan fingerprint density at radius 2 is 2.25 bits per heavy atom. The number of hydrogen-bond acceptors (Lipinski definition) is 5. The van der Waals surface area contributed by atoms with Crippen molar-refractivity contribution in [1.82, 2.24) is 4.98 Å². The van der Waals surface area contributed by atoms with E-state index in [9.17, 15) is 4.79 Å². The van der Waals surface area contributed by atoms with Crippen LogP contribution < -0.4 is 11.1 Å². The van der Waals surface area contributed by atoms with E-state index in [1.165, 1.54) is 16.2 Å². The minimum absolute atomic E-state index is 0. The number of thiophene rings is 1. The predicted molar refractivity (Wildman–Crippen MR) is 88.9 cm³/mol. The lowest BCUT2D eigenvalue weighted by Gasteiger charge is -2.04. The fraction of sp³-hybridized carbons (Fsp3) is 0.385. The zero-order valence-corrected chi connectivity index (χ0v) is 13.8. The van der Waals surface area contributed by atoms with Crippen molar-refractivity contribution in [1.29, 1.82) is 0 Å². The summed E-state index contributed by atoms with van der Waals surface area (Å²) < 4.78 is 0. The second kappa shape index (κ2) is 7.73. The van der Waals surface area contributed by atoms with E-state index < -0.39 is 0 Å². The lowest BCUT2D eigenvalue weighted by Crippen LogP contribution is -2.19. The summed E-state index contributed by atoms with van der Waals surface area (Å²) in [4.78, 5) is 18.5. The number of thiazole rings is 1. The van der Waals surface area contributed by atoms with Gasteiger partial charge >= 0.3 is 0 Å². The summed E-state index contributed by atoms with van der Waals surface area (Å²) in [6.07, 6.45) is 1.12. The smallest absolute Gasteiger partial charge is 0.226 e. The highest BCUT2D eigenvalue weighted by molar-refractivity contribution is 7.17. The Morgan fingerprint density at radius 3 is 2.85 bits per heavy atom. The summed E-state index contributed by atoms with van der Waals surface area (Å²) in [5.74, 6) is -0.0273. The molecular weight excluding hydrogens is 314 g/mol. The van der Waals surface area contributed by atoms with Gasteiger partial charge in [-0.15, -0.1) is 35.1 Å². The Bertz CT molecular complexity index is 565. The van der Waals surface area contributed by atoms with Crippen LogP contribution in [0.25, 0.3) is 10.6 Å². The third-order valence-electron chi connectivity index (χ3n) is 2.57. The van der Waals surface area contributed by atoms with Gasteiger partial charge in [-0.25, -0.2) is 4.98 Å². The van der Waals surface area contributed by atoms with Gasteiger partial charge in [0.1, 0.15) is 0 Å². The van der Waals surface area contributed by atoms with Gasteiger partial charge in [-0.05, 0) is 32.4 Å². The Kier molecular flexibility index (Phi) is 6.61. The van der Waals surface area contributed by atoms with Crippen LogP contribution in [0, 0.1) is 6.92 Å². The largest absolute Gasteiger partial charge is 0.328 e. The standard InChI is InChI=1S/C13H17N3OS2.ClH/c1-8(14)3-6-12(17)16-13-15-10(7-18-13)11-5-4-9(2)19-11;/h4-5,7-8H,3,6,14H2,1-2H3,(H,15,16,17);1H. The molecular formula is C13H18ClN3OS2. The van der Waals surface area contributed by atoms with Crippen LogP contribution in [0.1, 0.15) is 24.6 Å². The normalized spacial score (nSPS) is 11.8. The number of aromatic nitrogens is 1. The van der Waals surface area contributed by atoms with Crippen molar-refractivity contribution in [2.75, 3.05) is 5.32 Å². The van der Waals surface area contributed by atoms with Crippen molar-refractivity contribution < 1.29 is 4.79 Å². The molecule has 0 aliphatic rings. The number of hydrogen-bond donors (Lipinski definition) is 2. The van der Waals surface area contributed by atoms with Crippen LogP contribution in [0.3, 0.4) is 0 Å². The van der Waals surface area contributed by atoms with E-state index in [4.69, 9.17) is 5.73 Å². The van der Waals surface area contributed by atoms with Gasteiger partial charge in [-0.3, -0.25) is 4.79 Å². The van der Waals surface area contributed by atoms with Gasteiger partial charge in [-0.2, -0.15) is 0 Å². The van der Waals surface area contributed by atoms with E-state index in [1.54, 1.807) is 11.3 Å². The predicted octanol–water partition coefficient (Wildman–Crippen LogP) is 3.67.